The third-order valence-electron chi connectivity index (χ3n) is 2.68. The Labute approximate surface area is 100 Å². The first-order valence-electron chi connectivity index (χ1n) is 5.25. The van der Waals surface area contributed by atoms with Crippen LogP contribution in [0.5, 0.6) is 5.75 Å². The molecule has 0 unspecified atom stereocenters. The van der Waals surface area contributed by atoms with Gasteiger partial charge in [-0.2, -0.15) is 0 Å². The summed E-state index contributed by atoms with van der Waals surface area (Å²) >= 11 is 1.12. The first-order valence-corrected chi connectivity index (χ1v) is 6.42. The van der Waals surface area contributed by atoms with Crippen molar-refractivity contribution in [1.29, 1.82) is 0 Å². The molecule has 0 aliphatic carbocycles. The molecule has 0 amide bonds. The van der Waals surface area contributed by atoms with E-state index in [-0.39, 0.29) is 0 Å². The number of benzene rings is 1. The molecule has 0 bridgehead atoms. The van der Waals surface area contributed by atoms with Gasteiger partial charge in [0, 0.05) is 0 Å². The summed E-state index contributed by atoms with van der Waals surface area (Å²) < 4.78 is 5.47. The number of hydrogen-bond acceptors (Lipinski definition) is 1. The predicted octanol–water partition coefficient (Wildman–Crippen LogP) is 2.84. The standard InChI is InChI=1S/C12H18O.Sn/c1-4-9-7-8-12(13)11(6-3)10(9)5-2;/h7-8,13H,4-6H2,1-3H3;/q;+1/p-1. The summed E-state index contributed by atoms with van der Waals surface area (Å²) in [6, 6.07) is 4.32. The van der Waals surface area contributed by atoms with Crippen molar-refractivity contribution in [2.75, 3.05) is 0 Å². The monoisotopic (exact) mass is 297 g/mol. The molecule has 0 N–H and O–H groups in total. The fourth-order valence-electron chi connectivity index (χ4n) is 1.97. The van der Waals surface area contributed by atoms with Crippen molar-refractivity contribution in [2.24, 2.45) is 0 Å². The van der Waals surface area contributed by atoms with Crippen LogP contribution in [-0.4, -0.2) is 22.9 Å². The van der Waals surface area contributed by atoms with Crippen molar-refractivity contribution in [2.45, 2.75) is 40.0 Å². The minimum atomic E-state index is 1.07. The Morgan fingerprint density at radius 1 is 1.00 bits per heavy atom. The molecule has 0 saturated heterocycles. The summed E-state index contributed by atoms with van der Waals surface area (Å²) in [7, 11) is 0. The van der Waals surface area contributed by atoms with Gasteiger partial charge >= 0.3 is 101 Å². The molecule has 14 heavy (non-hydrogen) atoms. The number of rotatable bonds is 4. The van der Waals surface area contributed by atoms with Crippen LogP contribution in [0.1, 0.15) is 37.5 Å². The van der Waals surface area contributed by atoms with E-state index in [0.717, 1.165) is 48.0 Å². The van der Waals surface area contributed by atoms with Crippen molar-refractivity contribution >= 4 is 22.9 Å². The normalized spacial score (nSPS) is 10.3. The fraction of sp³-hybridized carbons (Fsp3) is 0.500. The van der Waals surface area contributed by atoms with E-state index < -0.39 is 0 Å². The van der Waals surface area contributed by atoms with E-state index in [2.05, 4.69) is 32.9 Å². The maximum absolute atomic E-state index is 5.47. The number of aryl methyl sites for hydroxylation is 1. The molecule has 1 rings (SSSR count). The van der Waals surface area contributed by atoms with Crippen LogP contribution in [0, 0.1) is 0 Å². The third kappa shape index (κ3) is 2.25. The van der Waals surface area contributed by atoms with Gasteiger partial charge in [-0.15, -0.1) is 0 Å². The van der Waals surface area contributed by atoms with Gasteiger partial charge in [-0.1, -0.05) is 0 Å². The molecule has 0 heterocycles. The maximum atomic E-state index is 5.47. The fourth-order valence-corrected chi connectivity index (χ4v) is 2.52. The second kappa shape index (κ2) is 5.64. The molecular weight excluding hydrogens is 279 g/mol. The SMILES string of the molecule is CCc1ccc([O][Sn])c(CC)c1CC. The topological polar surface area (TPSA) is 9.23 Å². The van der Waals surface area contributed by atoms with E-state index in [1.807, 2.05) is 0 Å². The van der Waals surface area contributed by atoms with Gasteiger partial charge in [0.2, 0.25) is 0 Å². The van der Waals surface area contributed by atoms with Crippen LogP contribution in [0.15, 0.2) is 12.1 Å². The molecule has 3 radical (unpaired) electrons. The zero-order valence-corrected chi connectivity index (χ0v) is 12.0. The molecular formula is C12H17OSn. The molecule has 0 aliphatic rings. The van der Waals surface area contributed by atoms with E-state index in [0.29, 0.717) is 0 Å². The molecule has 1 nitrogen and oxygen atoms in total. The Kier molecular flexibility index (Phi) is 4.79. The molecule has 2 heteroatoms. The average molecular weight is 296 g/mol. The second-order valence-corrected chi connectivity index (χ2v) is 3.93. The summed E-state index contributed by atoms with van der Waals surface area (Å²) in [6.45, 7) is 6.64. The first-order chi connectivity index (χ1) is 6.78. The summed E-state index contributed by atoms with van der Waals surface area (Å²) in [5.74, 6) is 1.08. The molecule has 0 atom stereocenters. The van der Waals surface area contributed by atoms with Gasteiger partial charge in [-0.3, -0.25) is 0 Å². The Morgan fingerprint density at radius 3 is 2.07 bits per heavy atom. The van der Waals surface area contributed by atoms with Gasteiger partial charge in [0.05, 0.1) is 0 Å². The molecule has 0 saturated carbocycles. The summed E-state index contributed by atoms with van der Waals surface area (Å²) in [5.41, 5.74) is 4.37. The van der Waals surface area contributed by atoms with Crippen molar-refractivity contribution in [3.05, 3.63) is 28.8 Å². The van der Waals surface area contributed by atoms with Crippen LogP contribution in [0.3, 0.4) is 0 Å². The molecule has 1 aromatic carbocycles. The van der Waals surface area contributed by atoms with Crippen molar-refractivity contribution < 1.29 is 3.07 Å². The summed E-state index contributed by atoms with van der Waals surface area (Å²) in [4.78, 5) is 0. The van der Waals surface area contributed by atoms with Crippen LogP contribution < -0.4 is 3.07 Å². The molecule has 0 spiro atoms. The van der Waals surface area contributed by atoms with E-state index in [9.17, 15) is 0 Å². The summed E-state index contributed by atoms with van der Waals surface area (Å²) in [6.07, 6.45) is 3.30. The van der Waals surface area contributed by atoms with Gasteiger partial charge < -0.3 is 0 Å². The third-order valence-corrected chi connectivity index (χ3v) is 3.31. The minimum absolute atomic E-state index is 1.07. The van der Waals surface area contributed by atoms with Crippen LogP contribution in [0.25, 0.3) is 0 Å². The van der Waals surface area contributed by atoms with Crippen molar-refractivity contribution in [3.8, 4) is 5.75 Å². The van der Waals surface area contributed by atoms with Crippen LogP contribution >= 0.6 is 0 Å². The zero-order chi connectivity index (χ0) is 10.6. The first kappa shape index (κ1) is 11.9. The average Bonchev–Trinajstić information content (AvgIpc) is 2.26. The summed E-state index contributed by atoms with van der Waals surface area (Å²) in [5, 5.41) is 0. The van der Waals surface area contributed by atoms with Gasteiger partial charge in [0.1, 0.15) is 0 Å². The van der Waals surface area contributed by atoms with E-state index >= 15 is 0 Å². The second-order valence-electron chi connectivity index (χ2n) is 3.34. The van der Waals surface area contributed by atoms with Gasteiger partial charge in [0.25, 0.3) is 0 Å². The van der Waals surface area contributed by atoms with Gasteiger partial charge in [0.15, 0.2) is 0 Å². The van der Waals surface area contributed by atoms with Gasteiger partial charge in [-0.05, 0) is 0 Å². The quantitative estimate of drug-likeness (QED) is 0.776. The molecule has 1 aromatic rings. The van der Waals surface area contributed by atoms with Crippen LogP contribution in [-0.2, 0) is 19.3 Å². The predicted molar refractivity (Wildman–Crippen MR) is 61.0 cm³/mol. The van der Waals surface area contributed by atoms with E-state index in [1.54, 1.807) is 0 Å². The van der Waals surface area contributed by atoms with E-state index in [1.165, 1.54) is 16.7 Å². The Balaban J connectivity index is 3.28. The Bertz CT molecular complexity index is 276. The molecule has 0 aromatic heterocycles. The van der Waals surface area contributed by atoms with Crippen molar-refractivity contribution in [1.82, 2.24) is 0 Å². The molecule has 0 aliphatic heterocycles. The molecule has 75 valence electrons. The zero-order valence-electron chi connectivity index (χ0n) is 9.18. The van der Waals surface area contributed by atoms with E-state index in [4.69, 9.17) is 3.07 Å². The van der Waals surface area contributed by atoms with Gasteiger partial charge in [-0.25, -0.2) is 0 Å². The van der Waals surface area contributed by atoms with Crippen molar-refractivity contribution in [3.63, 3.8) is 0 Å². The van der Waals surface area contributed by atoms with Crippen LogP contribution in [0.4, 0.5) is 0 Å². The Hall–Kier alpha value is -0.181. The Morgan fingerprint density at radius 2 is 1.64 bits per heavy atom. The number of hydrogen-bond donors (Lipinski definition) is 0. The van der Waals surface area contributed by atoms with Crippen LogP contribution in [0.2, 0.25) is 0 Å². The molecule has 0 fully saturated rings.